The van der Waals surface area contributed by atoms with Crippen LogP contribution in [0, 0.1) is 5.92 Å². The summed E-state index contributed by atoms with van der Waals surface area (Å²) in [5.74, 6) is -1.78. The van der Waals surface area contributed by atoms with Gasteiger partial charge in [0, 0.05) is 17.8 Å². The number of anilines is 1. The minimum Gasteiger partial charge on any atom is -0.376 e. The van der Waals surface area contributed by atoms with Crippen LogP contribution in [0.4, 0.5) is 18.9 Å². The average molecular weight is 337 g/mol. The fraction of sp³-hybridized carbons (Fsp3) is 0.533. The standard InChI is InChI=1S/C15H19F3N2O.ClH/c1-14(2)12(15(16,17)18)8-9-20(14)13(21)10-19-11-6-4-3-5-7-11;/h3-7,12,19H,8-10H2,1-2H3;1H. The number of para-hydroxylation sites is 1. The Labute approximate surface area is 134 Å². The van der Waals surface area contributed by atoms with Gasteiger partial charge in [0.15, 0.2) is 0 Å². The van der Waals surface area contributed by atoms with Crippen LogP contribution in [-0.4, -0.2) is 35.6 Å². The molecular formula is C15H20ClF3N2O. The topological polar surface area (TPSA) is 32.3 Å². The van der Waals surface area contributed by atoms with Crippen molar-refractivity contribution in [2.24, 2.45) is 5.92 Å². The molecule has 1 N–H and O–H groups in total. The molecule has 1 unspecified atom stereocenters. The van der Waals surface area contributed by atoms with Gasteiger partial charge in [-0.25, -0.2) is 0 Å². The van der Waals surface area contributed by atoms with Gasteiger partial charge in [0.1, 0.15) is 0 Å². The minimum absolute atomic E-state index is 0. The van der Waals surface area contributed by atoms with Crippen molar-refractivity contribution in [1.82, 2.24) is 4.90 Å². The normalized spacial score (nSPS) is 20.4. The van der Waals surface area contributed by atoms with E-state index >= 15 is 0 Å². The van der Waals surface area contributed by atoms with E-state index in [1.807, 2.05) is 18.2 Å². The molecule has 1 heterocycles. The predicted molar refractivity (Wildman–Crippen MR) is 82.1 cm³/mol. The molecule has 1 saturated heterocycles. The quantitative estimate of drug-likeness (QED) is 0.912. The molecule has 0 radical (unpaired) electrons. The fourth-order valence-electron chi connectivity index (χ4n) is 2.93. The number of hydrogen-bond acceptors (Lipinski definition) is 2. The molecule has 1 aliphatic heterocycles. The van der Waals surface area contributed by atoms with Crippen LogP contribution >= 0.6 is 12.4 Å². The van der Waals surface area contributed by atoms with E-state index in [2.05, 4.69) is 5.32 Å². The van der Waals surface area contributed by atoms with E-state index in [4.69, 9.17) is 0 Å². The summed E-state index contributed by atoms with van der Waals surface area (Å²) in [6.45, 7) is 3.11. The summed E-state index contributed by atoms with van der Waals surface area (Å²) in [6.07, 6.45) is -4.31. The highest BCUT2D eigenvalue weighted by molar-refractivity contribution is 5.85. The molecule has 124 valence electrons. The van der Waals surface area contributed by atoms with Crippen LogP contribution in [0.3, 0.4) is 0 Å². The molecule has 22 heavy (non-hydrogen) atoms. The third-order valence-corrected chi connectivity index (χ3v) is 4.10. The van der Waals surface area contributed by atoms with E-state index in [0.717, 1.165) is 5.69 Å². The summed E-state index contributed by atoms with van der Waals surface area (Å²) >= 11 is 0. The molecule has 0 bridgehead atoms. The van der Waals surface area contributed by atoms with Gasteiger partial charge in [-0.05, 0) is 32.4 Å². The van der Waals surface area contributed by atoms with Crippen LogP contribution in [0.1, 0.15) is 20.3 Å². The van der Waals surface area contributed by atoms with Crippen LogP contribution in [0.5, 0.6) is 0 Å². The predicted octanol–water partition coefficient (Wildman–Crippen LogP) is 3.71. The Balaban J connectivity index is 0.00000242. The zero-order chi connectivity index (χ0) is 15.7. The first-order chi connectivity index (χ1) is 9.73. The Morgan fingerprint density at radius 1 is 1.32 bits per heavy atom. The van der Waals surface area contributed by atoms with Gasteiger partial charge >= 0.3 is 6.18 Å². The van der Waals surface area contributed by atoms with Gasteiger partial charge in [-0.2, -0.15) is 13.2 Å². The Hall–Kier alpha value is -1.43. The molecular weight excluding hydrogens is 317 g/mol. The zero-order valence-corrected chi connectivity index (χ0v) is 13.3. The van der Waals surface area contributed by atoms with Crippen LogP contribution in [0.15, 0.2) is 30.3 Å². The molecule has 0 spiro atoms. The second-order valence-electron chi connectivity index (χ2n) is 5.80. The van der Waals surface area contributed by atoms with Crippen LogP contribution in [0.2, 0.25) is 0 Å². The lowest BCUT2D eigenvalue weighted by molar-refractivity contribution is -0.192. The van der Waals surface area contributed by atoms with Crippen molar-refractivity contribution < 1.29 is 18.0 Å². The number of carbonyl (C=O) groups excluding carboxylic acids is 1. The number of nitrogens with one attached hydrogen (secondary N) is 1. The maximum atomic E-state index is 13.0. The second-order valence-corrected chi connectivity index (χ2v) is 5.80. The Bertz CT molecular complexity index is 505. The number of likely N-dealkylation sites (tertiary alicyclic amines) is 1. The molecule has 1 fully saturated rings. The molecule has 1 atom stereocenters. The van der Waals surface area contributed by atoms with Crippen molar-refractivity contribution in [3.8, 4) is 0 Å². The maximum Gasteiger partial charge on any atom is 0.394 e. The van der Waals surface area contributed by atoms with Gasteiger partial charge in [0.05, 0.1) is 12.5 Å². The van der Waals surface area contributed by atoms with E-state index in [9.17, 15) is 18.0 Å². The first-order valence-corrected chi connectivity index (χ1v) is 6.89. The summed E-state index contributed by atoms with van der Waals surface area (Å²) in [7, 11) is 0. The van der Waals surface area contributed by atoms with Gasteiger partial charge in [-0.3, -0.25) is 4.79 Å². The first kappa shape index (κ1) is 18.6. The lowest BCUT2D eigenvalue weighted by atomic mass is 9.88. The molecule has 0 saturated carbocycles. The minimum atomic E-state index is -4.27. The molecule has 0 aliphatic carbocycles. The van der Waals surface area contributed by atoms with Crippen molar-refractivity contribution >= 4 is 24.0 Å². The van der Waals surface area contributed by atoms with Gasteiger partial charge in [-0.1, -0.05) is 18.2 Å². The molecule has 1 amide bonds. The number of rotatable bonds is 3. The number of carbonyl (C=O) groups is 1. The highest BCUT2D eigenvalue weighted by Crippen LogP contribution is 2.44. The van der Waals surface area contributed by atoms with Gasteiger partial charge in [0.2, 0.25) is 5.91 Å². The van der Waals surface area contributed by atoms with Gasteiger partial charge < -0.3 is 10.2 Å². The van der Waals surface area contributed by atoms with Crippen LogP contribution in [-0.2, 0) is 4.79 Å². The monoisotopic (exact) mass is 336 g/mol. The van der Waals surface area contributed by atoms with Gasteiger partial charge in [0.25, 0.3) is 0 Å². The smallest absolute Gasteiger partial charge is 0.376 e. The van der Waals surface area contributed by atoms with E-state index in [-0.39, 0.29) is 37.8 Å². The molecule has 0 aromatic heterocycles. The van der Waals surface area contributed by atoms with E-state index in [1.165, 1.54) is 18.7 Å². The average Bonchev–Trinajstić information content (AvgIpc) is 2.72. The molecule has 1 aliphatic rings. The van der Waals surface area contributed by atoms with E-state index in [1.54, 1.807) is 12.1 Å². The van der Waals surface area contributed by atoms with Gasteiger partial charge in [-0.15, -0.1) is 12.4 Å². The molecule has 2 rings (SSSR count). The van der Waals surface area contributed by atoms with Crippen molar-refractivity contribution in [1.29, 1.82) is 0 Å². The lowest BCUT2D eigenvalue weighted by Gasteiger charge is -2.36. The summed E-state index contributed by atoms with van der Waals surface area (Å²) < 4.78 is 39.0. The fourth-order valence-corrected chi connectivity index (χ4v) is 2.93. The third kappa shape index (κ3) is 3.85. The van der Waals surface area contributed by atoms with Crippen molar-refractivity contribution in [3.05, 3.63) is 30.3 Å². The highest BCUT2D eigenvalue weighted by Gasteiger charge is 2.55. The summed E-state index contributed by atoms with van der Waals surface area (Å²) in [6, 6.07) is 9.12. The van der Waals surface area contributed by atoms with Crippen LogP contribution in [0.25, 0.3) is 0 Å². The molecule has 1 aromatic carbocycles. The number of nitrogens with zero attached hydrogens (tertiary/aromatic N) is 1. The van der Waals surface area contributed by atoms with E-state index < -0.39 is 17.6 Å². The van der Waals surface area contributed by atoms with Crippen LogP contribution < -0.4 is 5.32 Å². The zero-order valence-electron chi connectivity index (χ0n) is 12.5. The summed E-state index contributed by atoms with van der Waals surface area (Å²) in [5, 5.41) is 2.94. The summed E-state index contributed by atoms with van der Waals surface area (Å²) in [5.41, 5.74) is -0.427. The first-order valence-electron chi connectivity index (χ1n) is 6.89. The van der Waals surface area contributed by atoms with E-state index in [0.29, 0.717) is 0 Å². The Morgan fingerprint density at radius 3 is 2.41 bits per heavy atom. The molecule has 1 aromatic rings. The second kappa shape index (κ2) is 6.77. The summed E-state index contributed by atoms with van der Waals surface area (Å²) in [4.78, 5) is 13.5. The number of benzene rings is 1. The number of amides is 1. The highest BCUT2D eigenvalue weighted by atomic mass is 35.5. The Morgan fingerprint density at radius 2 is 1.91 bits per heavy atom. The maximum absolute atomic E-state index is 13.0. The third-order valence-electron chi connectivity index (χ3n) is 4.10. The SMILES string of the molecule is CC1(C)C(C(F)(F)F)CCN1C(=O)CNc1ccccc1.Cl. The Kier molecular flexibility index (Phi) is 5.73. The number of hydrogen-bond donors (Lipinski definition) is 1. The number of alkyl halides is 3. The lowest BCUT2D eigenvalue weighted by Crippen LogP contribution is -2.51. The molecule has 3 nitrogen and oxygen atoms in total. The van der Waals surface area contributed by atoms with Crippen molar-refractivity contribution in [2.75, 3.05) is 18.4 Å². The largest absolute Gasteiger partial charge is 0.394 e. The number of halogens is 4. The molecule has 7 heteroatoms. The van der Waals surface area contributed by atoms with Crippen molar-refractivity contribution in [2.45, 2.75) is 32.0 Å². The van der Waals surface area contributed by atoms with Crippen molar-refractivity contribution in [3.63, 3.8) is 0 Å².